The van der Waals surface area contributed by atoms with Crippen molar-refractivity contribution in [3.05, 3.63) is 29.7 Å². The molecule has 1 fully saturated rings. The van der Waals surface area contributed by atoms with Crippen LogP contribution in [0.4, 0.5) is 11.8 Å². The molecule has 25 heavy (non-hydrogen) atoms. The van der Waals surface area contributed by atoms with E-state index in [4.69, 9.17) is 10.5 Å². The van der Waals surface area contributed by atoms with Crippen molar-refractivity contribution in [2.75, 3.05) is 17.6 Å². The number of unbranched alkanes of at least 4 members (excludes halogenated alkanes) is 1. The number of nitrogens with zero attached hydrogens (tertiary/aromatic N) is 3. The Labute approximate surface area is 149 Å². The lowest BCUT2D eigenvalue weighted by Gasteiger charge is -2.17. The maximum Gasteiger partial charge on any atom is 0.222 e. The van der Waals surface area contributed by atoms with Crippen molar-refractivity contribution in [2.45, 2.75) is 58.3 Å². The van der Waals surface area contributed by atoms with E-state index in [1.807, 2.05) is 6.20 Å². The van der Waals surface area contributed by atoms with Gasteiger partial charge in [0.15, 0.2) is 11.6 Å². The zero-order valence-corrected chi connectivity index (χ0v) is 15.2. The summed E-state index contributed by atoms with van der Waals surface area (Å²) < 4.78 is 6.22. The number of ether oxygens (including phenoxy) is 1. The quantitative estimate of drug-likeness (QED) is 0.690. The lowest BCUT2D eigenvalue weighted by atomic mass is 10.0. The summed E-state index contributed by atoms with van der Waals surface area (Å²) in [7, 11) is 0. The summed E-state index contributed by atoms with van der Waals surface area (Å²) in [6.07, 6.45) is 8.16. The van der Waals surface area contributed by atoms with E-state index < -0.39 is 0 Å². The van der Waals surface area contributed by atoms with Gasteiger partial charge in [0.25, 0.3) is 0 Å². The molecule has 0 aromatic carbocycles. The third-order valence-corrected chi connectivity index (χ3v) is 4.35. The summed E-state index contributed by atoms with van der Waals surface area (Å²) in [6.45, 7) is 7.25. The zero-order chi connectivity index (χ0) is 17.8. The van der Waals surface area contributed by atoms with Gasteiger partial charge in [-0.25, -0.2) is 4.98 Å². The molecule has 0 spiro atoms. The normalized spacial score (nSPS) is 13.9. The fourth-order valence-electron chi connectivity index (χ4n) is 2.67. The molecule has 0 bridgehead atoms. The maximum absolute atomic E-state index is 6.22. The molecule has 1 aliphatic rings. The molecule has 1 saturated carbocycles. The van der Waals surface area contributed by atoms with Gasteiger partial charge < -0.3 is 15.8 Å². The van der Waals surface area contributed by atoms with E-state index in [1.54, 1.807) is 6.20 Å². The highest BCUT2D eigenvalue weighted by Crippen LogP contribution is 2.42. The molecule has 0 saturated heterocycles. The Bertz CT molecular complexity index is 728. The summed E-state index contributed by atoms with van der Waals surface area (Å²) in [4.78, 5) is 13.0. The van der Waals surface area contributed by atoms with Crippen LogP contribution in [-0.2, 0) is 0 Å². The first-order valence-corrected chi connectivity index (χ1v) is 9.12. The molecule has 3 rings (SSSR count). The van der Waals surface area contributed by atoms with E-state index in [1.165, 1.54) is 12.8 Å². The van der Waals surface area contributed by atoms with Gasteiger partial charge >= 0.3 is 0 Å². The molecule has 3 N–H and O–H groups in total. The molecule has 2 heterocycles. The molecule has 0 aliphatic heterocycles. The highest BCUT2D eigenvalue weighted by atomic mass is 16.5. The van der Waals surface area contributed by atoms with Crippen molar-refractivity contribution in [1.29, 1.82) is 0 Å². The second-order valence-corrected chi connectivity index (χ2v) is 6.90. The molecule has 6 heteroatoms. The number of pyridine rings is 1. The second kappa shape index (κ2) is 7.68. The van der Waals surface area contributed by atoms with Gasteiger partial charge in [0, 0.05) is 36.0 Å². The Morgan fingerprint density at radius 1 is 1.24 bits per heavy atom. The molecule has 2 aromatic rings. The highest BCUT2D eigenvalue weighted by Gasteiger charge is 2.26. The number of aromatic nitrogens is 3. The van der Waals surface area contributed by atoms with Crippen molar-refractivity contribution in [2.24, 2.45) is 0 Å². The number of anilines is 2. The fourth-order valence-corrected chi connectivity index (χ4v) is 2.67. The molecule has 134 valence electrons. The van der Waals surface area contributed by atoms with E-state index in [-0.39, 0.29) is 5.95 Å². The fraction of sp³-hybridized carbons (Fsp3) is 0.526. The molecule has 0 atom stereocenters. The predicted molar refractivity (Wildman–Crippen MR) is 100 cm³/mol. The Morgan fingerprint density at radius 3 is 2.72 bits per heavy atom. The van der Waals surface area contributed by atoms with Gasteiger partial charge in [-0.2, -0.15) is 4.98 Å². The lowest BCUT2D eigenvalue weighted by Crippen LogP contribution is -2.08. The average Bonchev–Trinajstić information content (AvgIpc) is 3.42. The number of hydrogen-bond donors (Lipinski definition) is 2. The molecule has 0 unspecified atom stereocenters. The van der Waals surface area contributed by atoms with Crippen LogP contribution in [0, 0.1) is 0 Å². The maximum atomic E-state index is 6.22. The SMILES string of the molecule is CCCCNc1nc(N)ncc1Oc1cc(C2CC2)ncc1C(C)C. The first-order valence-electron chi connectivity index (χ1n) is 9.12. The van der Waals surface area contributed by atoms with E-state index in [9.17, 15) is 0 Å². The predicted octanol–water partition coefficient (Wildman–Crippen LogP) is 4.46. The number of nitrogens with two attached hydrogens (primary N) is 1. The van der Waals surface area contributed by atoms with Gasteiger partial charge in [-0.1, -0.05) is 27.2 Å². The molecule has 2 aromatic heterocycles. The van der Waals surface area contributed by atoms with Crippen LogP contribution in [0.25, 0.3) is 0 Å². The van der Waals surface area contributed by atoms with E-state index in [0.29, 0.717) is 23.4 Å². The van der Waals surface area contributed by atoms with E-state index in [0.717, 1.165) is 36.4 Å². The average molecular weight is 341 g/mol. The van der Waals surface area contributed by atoms with Crippen molar-refractivity contribution in [3.8, 4) is 11.5 Å². The van der Waals surface area contributed by atoms with Gasteiger partial charge in [0.05, 0.1) is 6.20 Å². The van der Waals surface area contributed by atoms with Gasteiger partial charge in [0.2, 0.25) is 5.95 Å². The molecule has 1 aliphatic carbocycles. The first kappa shape index (κ1) is 17.5. The molecule has 6 nitrogen and oxygen atoms in total. The first-order chi connectivity index (χ1) is 12.1. The van der Waals surface area contributed by atoms with Crippen LogP contribution in [0.1, 0.15) is 69.5 Å². The smallest absolute Gasteiger partial charge is 0.222 e. The monoisotopic (exact) mass is 341 g/mol. The van der Waals surface area contributed by atoms with Crippen LogP contribution >= 0.6 is 0 Å². The Morgan fingerprint density at radius 2 is 2.04 bits per heavy atom. The Hall–Kier alpha value is -2.37. The van der Waals surface area contributed by atoms with Crippen LogP contribution in [0.15, 0.2) is 18.5 Å². The largest absolute Gasteiger partial charge is 0.451 e. The molecule has 0 amide bonds. The number of nitrogen functional groups attached to an aromatic ring is 1. The number of nitrogens with one attached hydrogen (secondary N) is 1. The minimum Gasteiger partial charge on any atom is -0.451 e. The van der Waals surface area contributed by atoms with Crippen molar-refractivity contribution in [3.63, 3.8) is 0 Å². The molecular formula is C19H27N5O. The zero-order valence-electron chi connectivity index (χ0n) is 15.2. The van der Waals surface area contributed by atoms with Crippen LogP contribution in [0.3, 0.4) is 0 Å². The van der Waals surface area contributed by atoms with E-state index in [2.05, 4.69) is 47.1 Å². The standard InChI is InChI=1S/C19H27N5O/c1-4-5-8-21-18-17(11-23-19(20)24-18)25-16-9-15(13-6-7-13)22-10-14(16)12(2)3/h9-13H,4-8H2,1-3H3,(H3,20,21,23,24). The summed E-state index contributed by atoms with van der Waals surface area (Å²) in [6, 6.07) is 2.07. The van der Waals surface area contributed by atoms with Gasteiger partial charge in [-0.15, -0.1) is 0 Å². The number of hydrogen-bond acceptors (Lipinski definition) is 6. The lowest BCUT2D eigenvalue weighted by molar-refractivity contribution is 0.468. The van der Waals surface area contributed by atoms with E-state index >= 15 is 0 Å². The Kier molecular flexibility index (Phi) is 5.36. The van der Waals surface area contributed by atoms with Crippen molar-refractivity contribution < 1.29 is 4.74 Å². The minimum atomic E-state index is 0.240. The van der Waals surface area contributed by atoms with Crippen LogP contribution < -0.4 is 15.8 Å². The second-order valence-electron chi connectivity index (χ2n) is 6.90. The number of rotatable bonds is 8. The van der Waals surface area contributed by atoms with Crippen LogP contribution in [-0.4, -0.2) is 21.5 Å². The van der Waals surface area contributed by atoms with Crippen molar-refractivity contribution in [1.82, 2.24) is 15.0 Å². The Balaban J connectivity index is 1.89. The van der Waals surface area contributed by atoms with Crippen molar-refractivity contribution >= 4 is 11.8 Å². The topological polar surface area (TPSA) is 86.0 Å². The third-order valence-electron chi connectivity index (χ3n) is 4.35. The third kappa shape index (κ3) is 4.38. The summed E-state index contributed by atoms with van der Waals surface area (Å²) in [5, 5.41) is 3.30. The van der Waals surface area contributed by atoms with Gasteiger partial charge in [-0.05, 0) is 25.2 Å². The van der Waals surface area contributed by atoms with Crippen LogP contribution in [0.5, 0.6) is 11.5 Å². The van der Waals surface area contributed by atoms with Gasteiger partial charge in [0.1, 0.15) is 5.75 Å². The molecular weight excluding hydrogens is 314 g/mol. The summed E-state index contributed by atoms with van der Waals surface area (Å²) in [5.74, 6) is 3.21. The minimum absolute atomic E-state index is 0.240. The van der Waals surface area contributed by atoms with Crippen LogP contribution in [0.2, 0.25) is 0 Å². The highest BCUT2D eigenvalue weighted by molar-refractivity contribution is 5.53. The van der Waals surface area contributed by atoms with Gasteiger partial charge in [-0.3, -0.25) is 4.98 Å². The molecule has 0 radical (unpaired) electrons. The summed E-state index contributed by atoms with van der Waals surface area (Å²) in [5.41, 5.74) is 7.94. The summed E-state index contributed by atoms with van der Waals surface area (Å²) >= 11 is 0.